The van der Waals surface area contributed by atoms with Crippen molar-refractivity contribution in [3.05, 3.63) is 140 Å². The first kappa shape index (κ1) is 68.3. The van der Waals surface area contributed by atoms with Crippen LogP contribution in [0.2, 0.25) is 0 Å². The van der Waals surface area contributed by atoms with Crippen LogP contribution in [0.1, 0.15) is 170 Å². The zero-order valence-electron chi connectivity index (χ0n) is 48.7. The first-order chi connectivity index (χ1) is 37.9. The molecule has 80 heavy (non-hydrogen) atoms. The molecule has 0 aliphatic carbocycles. The second-order valence-corrected chi connectivity index (χ2v) is 23.9. The Kier molecular flexibility index (Phi) is 29.9. The summed E-state index contributed by atoms with van der Waals surface area (Å²) in [6.07, 6.45) is 3.15. The number of hydrogen-bond acceptors (Lipinski definition) is 17. The summed E-state index contributed by atoms with van der Waals surface area (Å²) in [5.41, 5.74) is 6.37. The molecule has 4 aromatic rings. The fourth-order valence-corrected chi connectivity index (χ4v) is 8.32. The molecule has 1 N–H and O–H groups in total. The number of aliphatic hydroxyl groups excluding tert-OH is 1. The predicted molar refractivity (Wildman–Crippen MR) is 307 cm³/mol. The zero-order chi connectivity index (χ0) is 58.7. The van der Waals surface area contributed by atoms with E-state index in [4.69, 9.17) is 61.4 Å². The van der Waals surface area contributed by atoms with Crippen molar-refractivity contribution < 1.29 is 79.4 Å². The van der Waals surface area contributed by atoms with Gasteiger partial charge >= 0.3 is 11.9 Å². The normalized spacial score (nSPS) is 18.1. The maximum Gasteiger partial charge on any atom is 0.313 e. The summed E-state index contributed by atoms with van der Waals surface area (Å²) < 4.78 is 86.2. The topological polar surface area (TPSA) is 199 Å². The molecule has 4 aromatic carbocycles. The Bertz CT molecular complexity index is 2440. The highest BCUT2D eigenvalue weighted by Crippen LogP contribution is 2.29. The van der Waals surface area contributed by atoms with E-state index >= 15 is 0 Å². The van der Waals surface area contributed by atoms with Gasteiger partial charge in [-0.15, -0.1) is 0 Å². The van der Waals surface area contributed by atoms with E-state index in [0.717, 1.165) is 62.9 Å². The van der Waals surface area contributed by atoms with E-state index in [1.165, 1.54) is 12.8 Å². The summed E-state index contributed by atoms with van der Waals surface area (Å²) in [6.45, 7) is 26.3. The van der Waals surface area contributed by atoms with Gasteiger partial charge in [-0.05, 0) is 90.1 Å². The van der Waals surface area contributed by atoms with E-state index < -0.39 is 15.7 Å². The first-order valence-corrected chi connectivity index (χ1v) is 30.0. The van der Waals surface area contributed by atoms with Gasteiger partial charge in [0.25, 0.3) is 10.1 Å². The molecule has 5 heterocycles. The van der Waals surface area contributed by atoms with Gasteiger partial charge in [-0.3, -0.25) is 13.8 Å². The summed E-state index contributed by atoms with van der Waals surface area (Å²) in [5.74, 6) is -0.437. The fraction of sp³-hybridized carbons (Fsp3) is 0.574. The number of ether oxygens (including phenoxy) is 11. The minimum absolute atomic E-state index is 0.00851. The third kappa shape index (κ3) is 26.8. The number of halogens is 1. The number of carbonyl (C=O) groups excluding carboxylic acids is 2. The van der Waals surface area contributed by atoms with Crippen LogP contribution in [0.3, 0.4) is 0 Å². The van der Waals surface area contributed by atoms with Crippen molar-refractivity contribution in [2.45, 2.75) is 143 Å². The average molecular weight is 1200 g/mol. The van der Waals surface area contributed by atoms with Crippen molar-refractivity contribution in [3.63, 3.8) is 0 Å². The number of hydrogen-bond donors (Lipinski definition) is 1. The van der Waals surface area contributed by atoms with E-state index in [2.05, 4.69) is 15.9 Å². The molecule has 0 amide bonds. The number of rotatable bonds is 13. The van der Waals surface area contributed by atoms with Gasteiger partial charge < -0.3 is 57.2 Å². The third-order valence-corrected chi connectivity index (χ3v) is 13.1. The molecule has 3 atom stereocenters. The number of esters is 2. The summed E-state index contributed by atoms with van der Waals surface area (Å²) in [4.78, 5) is 22.6. The summed E-state index contributed by atoms with van der Waals surface area (Å²) in [7, 11) is -3.39. The Balaban J connectivity index is 0.000000215. The lowest BCUT2D eigenvalue weighted by molar-refractivity contribution is -0.156. The van der Waals surface area contributed by atoms with Gasteiger partial charge in [0.05, 0.1) is 71.6 Å². The Labute approximate surface area is 483 Å². The van der Waals surface area contributed by atoms with Crippen LogP contribution < -0.4 is 0 Å². The Morgan fingerprint density at radius 1 is 0.537 bits per heavy atom. The molecule has 19 heteroatoms. The molecule has 0 aromatic heterocycles. The van der Waals surface area contributed by atoms with E-state index in [9.17, 15) is 18.0 Å². The SMILES string of the molecule is Brc1ccc(C2OCCO2)cc1.C1CCOC1.CC(C(=O)OC(C)(C)C)c1ccc(C2OCCO2)cc1.CC(CO)c1ccc(C2OCCO2)cc1.CC(COS(C)(=O)=O)c1ccc(C2OCCO2)cc1.CCC(=O)OC(C)(C)C. The van der Waals surface area contributed by atoms with Crippen LogP contribution in [0.25, 0.3) is 0 Å². The van der Waals surface area contributed by atoms with E-state index in [0.29, 0.717) is 59.3 Å². The lowest BCUT2D eigenvalue weighted by Gasteiger charge is -2.22. The van der Waals surface area contributed by atoms with Crippen LogP contribution in [0.5, 0.6) is 0 Å². The van der Waals surface area contributed by atoms with E-state index in [1.807, 2.05) is 159 Å². The monoisotopic (exact) mass is 1200 g/mol. The number of benzene rings is 4. The van der Waals surface area contributed by atoms with E-state index in [-0.39, 0.29) is 73.7 Å². The molecular weight excluding hydrogens is 1120 g/mol. The first-order valence-electron chi connectivity index (χ1n) is 27.4. The molecule has 0 saturated carbocycles. The van der Waals surface area contributed by atoms with Gasteiger partial charge in [-0.2, -0.15) is 8.42 Å². The van der Waals surface area contributed by atoms with Crippen molar-refractivity contribution >= 4 is 38.0 Å². The highest BCUT2D eigenvalue weighted by atomic mass is 79.9. The van der Waals surface area contributed by atoms with Gasteiger partial charge in [-0.25, -0.2) is 0 Å². The third-order valence-electron chi connectivity index (χ3n) is 12.0. The van der Waals surface area contributed by atoms with Crippen LogP contribution in [-0.2, 0) is 76.0 Å². The Morgan fingerprint density at radius 3 is 1.14 bits per heavy atom. The van der Waals surface area contributed by atoms with Crippen molar-refractivity contribution in [1.82, 2.24) is 0 Å². The fourth-order valence-electron chi connectivity index (χ4n) is 7.61. The highest BCUT2D eigenvalue weighted by Gasteiger charge is 2.25. The van der Waals surface area contributed by atoms with Crippen LogP contribution >= 0.6 is 15.9 Å². The Hall–Kier alpha value is -4.19. The molecule has 0 radical (unpaired) electrons. The van der Waals surface area contributed by atoms with Crippen LogP contribution in [-0.4, -0.2) is 122 Å². The van der Waals surface area contributed by atoms with Crippen molar-refractivity contribution in [1.29, 1.82) is 0 Å². The minimum atomic E-state index is -3.39. The van der Waals surface area contributed by atoms with Gasteiger partial charge in [0.1, 0.15) is 11.2 Å². The molecule has 9 rings (SSSR count). The second kappa shape index (κ2) is 35.1. The lowest BCUT2D eigenvalue weighted by atomic mass is 9.99. The number of carbonyl (C=O) groups is 2. The quantitative estimate of drug-likeness (QED) is 0.0978. The van der Waals surface area contributed by atoms with Crippen LogP contribution in [0.4, 0.5) is 0 Å². The molecule has 5 aliphatic rings. The maximum absolute atomic E-state index is 12.0. The van der Waals surface area contributed by atoms with Crippen LogP contribution in [0, 0.1) is 0 Å². The summed E-state index contributed by atoms with van der Waals surface area (Å²) >= 11 is 3.37. The highest BCUT2D eigenvalue weighted by molar-refractivity contribution is 9.10. The van der Waals surface area contributed by atoms with Gasteiger partial charge in [0.2, 0.25) is 0 Å². The molecule has 3 unspecified atom stereocenters. The van der Waals surface area contributed by atoms with E-state index in [1.54, 1.807) is 6.92 Å². The smallest absolute Gasteiger partial charge is 0.313 e. The molecular formula is C61H87BrO17S. The molecule has 446 valence electrons. The standard InChI is InChI=1S/C16H22O4.C13H18O5S.C12H16O3.C9H9BrO2.C7H14O2.C4H8O/c1-11(14(17)20-16(2,3)4)12-5-7-13(8-6-12)15-18-9-10-19-15;1-10(9-18-19(2,14)15)11-3-5-12(6-4-11)13-16-7-8-17-13;1-9(8-13)10-2-4-11(5-3-10)12-14-6-7-15-12;10-8-3-1-7(2-4-8)9-11-5-6-12-9;1-5-6(8)9-7(2,3)4;1-2-4-5-3-1/h5-8,11,15H,9-10H2,1-4H3;3-6,10,13H,7-9H2,1-2H3;2-5,9,12-13H,6-8H2,1H3;1-4,9H,5-6H2;5H2,1-4H3;1-4H2. The molecule has 5 aliphatic heterocycles. The van der Waals surface area contributed by atoms with Gasteiger partial charge in [0, 0.05) is 64.8 Å². The van der Waals surface area contributed by atoms with Crippen molar-refractivity contribution in [2.24, 2.45) is 0 Å². The van der Waals surface area contributed by atoms with Gasteiger partial charge in [-0.1, -0.05) is 122 Å². The van der Waals surface area contributed by atoms with Crippen molar-refractivity contribution in [3.8, 4) is 0 Å². The molecule has 0 spiro atoms. The molecule has 5 saturated heterocycles. The number of aliphatic hydroxyl groups is 1. The molecule has 0 bridgehead atoms. The Morgan fingerprint density at radius 2 is 0.863 bits per heavy atom. The zero-order valence-corrected chi connectivity index (χ0v) is 51.1. The summed E-state index contributed by atoms with van der Waals surface area (Å²) in [5, 5.41) is 9.02. The van der Waals surface area contributed by atoms with Gasteiger partial charge in [0.15, 0.2) is 25.2 Å². The average Bonchev–Trinajstić information content (AvgIpc) is 4.30. The minimum Gasteiger partial charge on any atom is -0.460 e. The van der Waals surface area contributed by atoms with Crippen LogP contribution in [0.15, 0.2) is 102 Å². The largest absolute Gasteiger partial charge is 0.460 e. The molecule has 5 fully saturated rings. The lowest BCUT2D eigenvalue weighted by Crippen LogP contribution is -2.26. The summed E-state index contributed by atoms with van der Waals surface area (Å²) in [6, 6.07) is 31.5. The second-order valence-electron chi connectivity index (χ2n) is 21.3. The maximum atomic E-state index is 12.0. The molecule has 17 nitrogen and oxygen atoms in total. The van der Waals surface area contributed by atoms with Crippen molar-refractivity contribution in [2.75, 3.05) is 85.5 Å². The predicted octanol–water partition coefficient (Wildman–Crippen LogP) is 11.8.